The Hall–Kier alpha value is -2.69. The van der Waals surface area contributed by atoms with Crippen LogP contribution >= 0.6 is 0 Å². The summed E-state index contributed by atoms with van der Waals surface area (Å²) in [7, 11) is 0. The molecule has 0 aliphatic carbocycles. The largest absolute Gasteiger partial charge is 0.352 e. The smallest absolute Gasteiger partial charge is 0.282 e. The van der Waals surface area contributed by atoms with E-state index in [9.17, 15) is 14.9 Å². The molecule has 2 rings (SSSR count). The molecule has 0 atom stereocenters. The molecule has 21 heavy (non-hydrogen) atoms. The van der Waals surface area contributed by atoms with Crippen molar-refractivity contribution < 1.29 is 9.72 Å². The molecule has 0 saturated heterocycles. The van der Waals surface area contributed by atoms with Gasteiger partial charge in [-0.25, -0.2) is 0 Å². The van der Waals surface area contributed by atoms with Crippen LogP contribution in [0, 0.1) is 10.1 Å². The minimum atomic E-state index is -0.543. The molecule has 0 aliphatic rings. The van der Waals surface area contributed by atoms with Crippen molar-refractivity contribution in [1.29, 1.82) is 0 Å². The van der Waals surface area contributed by atoms with E-state index in [1.54, 1.807) is 12.1 Å². The molecule has 108 valence electrons. The molecule has 1 amide bonds. The molecular formula is C16H16N2O3. The topological polar surface area (TPSA) is 72.2 Å². The van der Waals surface area contributed by atoms with Gasteiger partial charge in [-0.2, -0.15) is 0 Å². The lowest BCUT2D eigenvalue weighted by atomic mass is 10.1. The molecule has 0 heterocycles. The summed E-state index contributed by atoms with van der Waals surface area (Å²) in [5.41, 5.74) is 1.14. The number of hydrogen-bond acceptors (Lipinski definition) is 3. The van der Waals surface area contributed by atoms with Crippen LogP contribution in [0.4, 0.5) is 5.69 Å². The standard InChI is InChI=1S/C16H16N2O3/c19-16(14-10-4-5-11-15(14)18(20)21)17-12-6-9-13-7-2-1-3-8-13/h1-5,7-8,10-11H,6,9,12H2,(H,17,19). The molecule has 0 unspecified atom stereocenters. The van der Waals surface area contributed by atoms with Gasteiger partial charge in [0.15, 0.2) is 0 Å². The van der Waals surface area contributed by atoms with Crippen molar-refractivity contribution in [2.45, 2.75) is 12.8 Å². The van der Waals surface area contributed by atoms with Gasteiger partial charge in [0.2, 0.25) is 0 Å². The van der Waals surface area contributed by atoms with E-state index in [0.29, 0.717) is 6.54 Å². The summed E-state index contributed by atoms with van der Waals surface area (Å²) in [6.07, 6.45) is 1.65. The maximum Gasteiger partial charge on any atom is 0.282 e. The molecule has 2 aromatic rings. The summed E-state index contributed by atoms with van der Waals surface area (Å²) in [6.45, 7) is 0.486. The van der Waals surface area contributed by atoms with Gasteiger partial charge in [0.1, 0.15) is 5.56 Å². The molecular weight excluding hydrogens is 268 g/mol. The van der Waals surface area contributed by atoms with Gasteiger partial charge in [0.05, 0.1) is 4.92 Å². The van der Waals surface area contributed by atoms with E-state index in [0.717, 1.165) is 12.8 Å². The molecule has 5 nitrogen and oxygen atoms in total. The Morgan fingerprint density at radius 1 is 1.05 bits per heavy atom. The molecule has 0 fully saturated rings. The second-order valence-electron chi connectivity index (χ2n) is 4.62. The van der Waals surface area contributed by atoms with E-state index in [-0.39, 0.29) is 11.3 Å². The number of nitro groups is 1. The van der Waals surface area contributed by atoms with Gasteiger partial charge >= 0.3 is 0 Å². The van der Waals surface area contributed by atoms with Crippen molar-refractivity contribution in [3.05, 3.63) is 75.8 Å². The van der Waals surface area contributed by atoms with Crippen molar-refractivity contribution >= 4 is 11.6 Å². The first kappa shape index (κ1) is 14.7. The van der Waals surface area contributed by atoms with Crippen molar-refractivity contribution in [3.8, 4) is 0 Å². The third kappa shape index (κ3) is 4.14. The molecule has 0 aromatic heterocycles. The van der Waals surface area contributed by atoms with Crippen LogP contribution in [0.5, 0.6) is 0 Å². The highest BCUT2D eigenvalue weighted by atomic mass is 16.6. The predicted molar refractivity (Wildman–Crippen MR) is 80.2 cm³/mol. The molecule has 0 aliphatic heterocycles. The van der Waals surface area contributed by atoms with Gasteiger partial charge in [-0.3, -0.25) is 14.9 Å². The van der Waals surface area contributed by atoms with Gasteiger partial charge in [0.25, 0.3) is 11.6 Å². The number of rotatable bonds is 6. The van der Waals surface area contributed by atoms with Crippen molar-refractivity contribution in [1.82, 2.24) is 5.32 Å². The number of hydrogen-bond donors (Lipinski definition) is 1. The zero-order valence-electron chi connectivity index (χ0n) is 11.5. The van der Waals surface area contributed by atoms with Gasteiger partial charge in [-0.05, 0) is 24.5 Å². The number of carbonyl (C=O) groups is 1. The number of carbonyl (C=O) groups excluding carboxylic acids is 1. The van der Waals surface area contributed by atoms with E-state index < -0.39 is 10.8 Å². The van der Waals surface area contributed by atoms with E-state index in [4.69, 9.17) is 0 Å². The molecule has 5 heteroatoms. The molecule has 0 radical (unpaired) electrons. The quantitative estimate of drug-likeness (QED) is 0.503. The van der Waals surface area contributed by atoms with Crippen molar-refractivity contribution in [2.75, 3.05) is 6.54 Å². The van der Waals surface area contributed by atoms with Crippen LogP contribution in [0.25, 0.3) is 0 Å². The number of benzene rings is 2. The van der Waals surface area contributed by atoms with E-state index in [1.165, 1.54) is 17.7 Å². The fourth-order valence-corrected chi connectivity index (χ4v) is 2.06. The lowest BCUT2D eigenvalue weighted by Gasteiger charge is -2.06. The maximum atomic E-state index is 12.0. The van der Waals surface area contributed by atoms with Crippen LogP contribution in [0.1, 0.15) is 22.3 Å². The fourth-order valence-electron chi connectivity index (χ4n) is 2.06. The highest BCUT2D eigenvalue weighted by Crippen LogP contribution is 2.17. The molecule has 2 aromatic carbocycles. The summed E-state index contributed by atoms with van der Waals surface area (Å²) in [5, 5.41) is 13.6. The third-order valence-electron chi connectivity index (χ3n) is 3.12. The van der Waals surface area contributed by atoms with E-state index in [1.807, 2.05) is 30.3 Å². The minimum Gasteiger partial charge on any atom is -0.352 e. The second kappa shape index (κ2) is 7.19. The Labute approximate surface area is 122 Å². The highest BCUT2D eigenvalue weighted by Gasteiger charge is 2.18. The van der Waals surface area contributed by atoms with Gasteiger partial charge in [-0.1, -0.05) is 42.5 Å². The first-order chi connectivity index (χ1) is 10.2. The van der Waals surface area contributed by atoms with E-state index >= 15 is 0 Å². The van der Waals surface area contributed by atoms with Crippen LogP contribution < -0.4 is 5.32 Å². The summed E-state index contributed by atoms with van der Waals surface area (Å²) >= 11 is 0. The fraction of sp³-hybridized carbons (Fsp3) is 0.188. The molecule has 0 saturated carbocycles. The first-order valence-electron chi connectivity index (χ1n) is 6.74. The number of aryl methyl sites for hydroxylation is 1. The zero-order chi connectivity index (χ0) is 15.1. The molecule has 0 bridgehead atoms. The number of nitrogens with one attached hydrogen (secondary N) is 1. The van der Waals surface area contributed by atoms with Crippen LogP contribution in [-0.4, -0.2) is 17.4 Å². The van der Waals surface area contributed by atoms with E-state index in [2.05, 4.69) is 5.32 Å². The normalized spacial score (nSPS) is 10.1. The predicted octanol–water partition coefficient (Wildman–Crippen LogP) is 2.96. The lowest BCUT2D eigenvalue weighted by Crippen LogP contribution is -2.25. The maximum absolute atomic E-state index is 12.0. The number of nitro benzene ring substituents is 1. The Balaban J connectivity index is 1.86. The van der Waals surface area contributed by atoms with Crippen molar-refractivity contribution in [2.24, 2.45) is 0 Å². The zero-order valence-corrected chi connectivity index (χ0v) is 11.5. The first-order valence-corrected chi connectivity index (χ1v) is 6.74. The van der Waals surface area contributed by atoms with Gasteiger partial charge in [0, 0.05) is 12.6 Å². The Morgan fingerprint density at radius 3 is 2.43 bits per heavy atom. The molecule has 1 N–H and O–H groups in total. The van der Waals surface area contributed by atoms with Gasteiger partial charge < -0.3 is 5.32 Å². The average molecular weight is 284 g/mol. The average Bonchev–Trinajstić information content (AvgIpc) is 2.52. The summed E-state index contributed by atoms with van der Waals surface area (Å²) in [6, 6.07) is 15.9. The van der Waals surface area contributed by atoms with Crippen LogP contribution in [-0.2, 0) is 6.42 Å². The molecule has 0 spiro atoms. The van der Waals surface area contributed by atoms with Crippen LogP contribution in [0.15, 0.2) is 54.6 Å². The highest BCUT2D eigenvalue weighted by molar-refractivity contribution is 5.98. The van der Waals surface area contributed by atoms with Crippen LogP contribution in [0.3, 0.4) is 0 Å². The van der Waals surface area contributed by atoms with Gasteiger partial charge in [-0.15, -0.1) is 0 Å². The summed E-state index contributed by atoms with van der Waals surface area (Å²) in [4.78, 5) is 22.3. The Morgan fingerprint density at radius 2 is 1.71 bits per heavy atom. The SMILES string of the molecule is O=C(NCCCc1ccccc1)c1ccccc1[N+](=O)[O-]. The third-order valence-corrected chi connectivity index (χ3v) is 3.12. The lowest BCUT2D eigenvalue weighted by molar-refractivity contribution is -0.385. The number of para-hydroxylation sites is 1. The monoisotopic (exact) mass is 284 g/mol. The van der Waals surface area contributed by atoms with Crippen molar-refractivity contribution in [3.63, 3.8) is 0 Å². The summed E-state index contributed by atoms with van der Waals surface area (Å²) < 4.78 is 0. The Kier molecular flexibility index (Phi) is 5.04. The summed E-state index contributed by atoms with van der Waals surface area (Å²) in [5.74, 6) is -0.407. The second-order valence-corrected chi connectivity index (χ2v) is 4.62. The minimum absolute atomic E-state index is 0.0993. The number of nitrogens with zero attached hydrogens (tertiary/aromatic N) is 1. The van der Waals surface area contributed by atoms with Crippen LogP contribution in [0.2, 0.25) is 0 Å². The Bertz CT molecular complexity index is 626. The number of amides is 1.